The third kappa shape index (κ3) is 40.6. The summed E-state index contributed by atoms with van der Waals surface area (Å²) in [7, 11) is 0. The number of carbonyl (C=O) groups excluding carboxylic acids is 1. The minimum Gasteiger partial charge on any atom is -0.394 e. The molecule has 3 fully saturated rings. The molecule has 576 valence electrons. The second-order valence-corrected chi connectivity index (χ2v) is 27.4. The van der Waals surface area contributed by atoms with Crippen molar-refractivity contribution in [2.45, 2.75) is 369 Å². The van der Waals surface area contributed by atoms with Gasteiger partial charge in [0.25, 0.3) is 0 Å². The number of hydrogen-bond acceptors (Lipinski definition) is 18. The Labute approximate surface area is 602 Å². The highest BCUT2D eigenvalue weighted by Crippen LogP contribution is 2.33. The molecular weight excluding hydrogens is 1270 g/mol. The third-order valence-electron chi connectivity index (χ3n) is 18.9. The highest BCUT2D eigenvalue weighted by atomic mass is 16.8. The largest absolute Gasteiger partial charge is 0.394 e. The van der Waals surface area contributed by atoms with Gasteiger partial charge in [0.05, 0.1) is 38.6 Å². The maximum absolute atomic E-state index is 13.5. The SMILES string of the molecule is CC/C=C\C/C=C\C/C=C\C/C=C\C/C=C\C/C=C\C/C=C\C/C=C\C/C=C\CCCCCCCCCCCCCC(=O)NC(COC1OC(CO)C(OC2OC(CO)C(OC3OC(CO)C(O)C(O)C3O)C(O)C2O)C(O)C1O)C(O)CCCCCCCCCCCCCCCCCC. The molecule has 17 unspecified atom stereocenters. The number of carbonyl (C=O) groups is 1. The van der Waals surface area contributed by atoms with Crippen LogP contribution < -0.4 is 5.32 Å². The van der Waals surface area contributed by atoms with Crippen molar-refractivity contribution < 1.29 is 89.4 Å². The van der Waals surface area contributed by atoms with E-state index in [9.17, 15) is 61.0 Å². The monoisotopic (exact) mass is 1410 g/mol. The van der Waals surface area contributed by atoms with Crippen LogP contribution in [0, 0.1) is 0 Å². The van der Waals surface area contributed by atoms with Gasteiger partial charge in [0.1, 0.15) is 73.2 Å². The minimum absolute atomic E-state index is 0.249. The molecule has 0 aromatic carbocycles. The molecule has 3 aliphatic heterocycles. The number of aliphatic hydroxyl groups excluding tert-OH is 11. The second kappa shape index (κ2) is 60.7. The van der Waals surface area contributed by atoms with E-state index in [1.807, 2.05) is 0 Å². The molecule has 0 radical (unpaired) electrons. The molecule has 100 heavy (non-hydrogen) atoms. The maximum Gasteiger partial charge on any atom is 0.220 e. The first-order valence-corrected chi connectivity index (χ1v) is 39.1. The summed E-state index contributed by atoms with van der Waals surface area (Å²) in [5, 5.41) is 121. The Balaban J connectivity index is 1.33. The van der Waals surface area contributed by atoms with Gasteiger partial charge in [0.15, 0.2) is 18.9 Å². The normalized spacial score (nSPS) is 27.1. The van der Waals surface area contributed by atoms with Crippen molar-refractivity contribution in [1.29, 1.82) is 0 Å². The molecule has 0 spiro atoms. The minimum atomic E-state index is -1.98. The molecule has 17 atom stereocenters. The van der Waals surface area contributed by atoms with Crippen LogP contribution in [-0.2, 0) is 33.2 Å². The third-order valence-corrected chi connectivity index (χ3v) is 18.9. The summed E-state index contributed by atoms with van der Waals surface area (Å²) in [6, 6.07) is -0.896. The average molecular weight is 1410 g/mol. The van der Waals surface area contributed by atoms with E-state index >= 15 is 0 Å². The molecule has 0 bridgehead atoms. The molecule has 12 N–H and O–H groups in total. The van der Waals surface area contributed by atoms with Gasteiger partial charge in [-0.25, -0.2) is 0 Å². The van der Waals surface area contributed by atoms with Crippen molar-refractivity contribution in [2.75, 3.05) is 26.4 Å². The fourth-order valence-electron chi connectivity index (χ4n) is 12.6. The first-order valence-electron chi connectivity index (χ1n) is 39.1. The van der Waals surface area contributed by atoms with Gasteiger partial charge in [-0.2, -0.15) is 0 Å². The first kappa shape index (κ1) is 90.7. The number of amides is 1. The zero-order valence-corrected chi connectivity index (χ0v) is 61.4. The van der Waals surface area contributed by atoms with Crippen molar-refractivity contribution in [1.82, 2.24) is 5.32 Å². The molecular formula is C81H139NO18. The summed E-state index contributed by atoms with van der Waals surface area (Å²) in [4.78, 5) is 13.5. The molecule has 0 aliphatic carbocycles. The van der Waals surface area contributed by atoms with E-state index in [1.165, 1.54) is 116 Å². The highest BCUT2D eigenvalue weighted by molar-refractivity contribution is 5.76. The number of rotatable bonds is 60. The van der Waals surface area contributed by atoms with Crippen molar-refractivity contribution in [3.63, 3.8) is 0 Å². The van der Waals surface area contributed by atoms with Crippen LogP contribution in [0.15, 0.2) is 109 Å². The Morgan fingerprint density at radius 1 is 0.370 bits per heavy atom. The molecule has 19 nitrogen and oxygen atoms in total. The smallest absolute Gasteiger partial charge is 0.220 e. The van der Waals surface area contributed by atoms with Gasteiger partial charge in [-0.1, -0.05) is 284 Å². The van der Waals surface area contributed by atoms with E-state index in [2.05, 4.69) is 129 Å². The molecule has 3 heterocycles. The Morgan fingerprint density at radius 3 is 1.08 bits per heavy atom. The van der Waals surface area contributed by atoms with Crippen LogP contribution in [0.4, 0.5) is 0 Å². The van der Waals surface area contributed by atoms with Crippen molar-refractivity contribution in [3.05, 3.63) is 109 Å². The predicted molar refractivity (Wildman–Crippen MR) is 397 cm³/mol. The van der Waals surface area contributed by atoms with Gasteiger partial charge in [0.2, 0.25) is 5.91 Å². The zero-order chi connectivity index (χ0) is 72.5. The molecule has 0 aromatic heterocycles. The van der Waals surface area contributed by atoms with Crippen molar-refractivity contribution in [3.8, 4) is 0 Å². The molecule has 19 heteroatoms. The Hall–Kier alpha value is -3.55. The Kier molecular flexibility index (Phi) is 55.0. The van der Waals surface area contributed by atoms with Crippen LogP contribution in [0.5, 0.6) is 0 Å². The van der Waals surface area contributed by atoms with Crippen molar-refractivity contribution in [2.24, 2.45) is 0 Å². The lowest BCUT2D eigenvalue weighted by Crippen LogP contribution is -2.66. The number of ether oxygens (including phenoxy) is 6. The van der Waals surface area contributed by atoms with Gasteiger partial charge in [-0.05, 0) is 83.5 Å². The predicted octanol–water partition coefficient (Wildman–Crippen LogP) is 12.6. The summed E-state index contributed by atoms with van der Waals surface area (Å²) in [6.45, 7) is 1.69. The lowest BCUT2D eigenvalue weighted by molar-refractivity contribution is -0.379. The van der Waals surface area contributed by atoms with E-state index in [-0.39, 0.29) is 18.9 Å². The second-order valence-electron chi connectivity index (χ2n) is 27.4. The van der Waals surface area contributed by atoms with E-state index in [1.54, 1.807) is 0 Å². The highest BCUT2D eigenvalue weighted by Gasteiger charge is 2.54. The summed E-state index contributed by atoms with van der Waals surface area (Å²) >= 11 is 0. The van der Waals surface area contributed by atoms with Gasteiger partial charge in [-0.3, -0.25) is 4.79 Å². The Bertz CT molecular complexity index is 2230. The topological polar surface area (TPSA) is 307 Å². The molecule has 3 saturated heterocycles. The summed E-state index contributed by atoms with van der Waals surface area (Å²) < 4.78 is 34.5. The maximum atomic E-state index is 13.5. The number of allylic oxidation sites excluding steroid dienone is 18. The van der Waals surface area contributed by atoms with Crippen LogP contribution in [0.1, 0.15) is 264 Å². The van der Waals surface area contributed by atoms with Gasteiger partial charge in [-0.15, -0.1) is 0 Å². The average Bonchev–Trinajstić information content (AvgIpc) is 0.784. The number of unbranched alkanes of at least 4 members (excludes halogenated alkanes) is 26. The van der Waals surface area contributed by atoms with E-state index in [0.29, 0.717) is 12.8 Å². The van der Waals surface area contributed by atoms with Crippen LogP contribution in [0.3, 0.4) is 0 Å². The van der Waals surface area contributed by atoms with Gasteiger partial charge in [0, 0.05) is 6.42 Å². The van der Waals surface area contributed by atoms with E-state index < -0.39 is 124 Å². The molecule has 1 amide bonds. The quantitative estimate of drug-likeness (QED) is 0.0199. The lowest BCUT2D eigenvalue weighted by Gasteiger charge is -2.48. The molecule has 0 saturated carbocycles. The first-order chi connectivity index (χ1) is 48.8. The zero-order valence-electron chi connectivity index (χ0n) is 61.4. The molecule has 3 aliphatic rings. The van der Waals surface area contributed by atoms with Gasteiger partial charge < -0.3 is 89.9 Å². The molecule has 3 rings (SSSR count). The standard InChI is InChI=1S/C81H139NO18/c1-3-5-7-9-11-13-15-17-19-21-22-23-24-25-26-27-28-29-30-31-32-33-34-35-36-37-38-39-40-41-42-43-45-47-49-51-53-55-57-59-69(87)82-64(65(86)58-56-54-52-50-48-46-44-20-18-16-14-12-10-8-6-4-2)63-95-79-75(93)72(90)77(67(61-84)97-79)100-81-76(94)73(91)78(68(62-85)98-81)99-80-74(92)71(89)70(88)66(60-83)96-80/h5,7,11,13,17,19,22-23,25-26,28-29,31-32,34-35,37-38,64-68,70-81,83-86,88-94H,3-4,6,8-10,12,14-16,18,20-21,24,27,30,33,36,39-63H2,1-2H3,(H,82,87)/b7-5-,13-11-,19-17-,23-22-,26-25-,29-28-,32-31-,35-34-,38-37-. The fraction of sp³-hybridized carbons (Fsp3) is 0.765. The summed E-state index contributed by atoms with van der Waals surface area (Å²) in [6.07, 6.45) is 56.0. The van der Waals surface area contributed by atoms with Crippen LogP contribution >= 0.6 is 0 Å². The fourth-order valence-corrected chi connectivity index (χ4v) is 12.6. The lowest BCUT2D eigenvalue weighted by atomic mass is 9.96. The van der Waals surface area contributed by atoms with E-state index in [4.69, 9.17) is 28.4 Å². The van der Waals surface area contributed by atoms with Crippen LogP contribution in [0.2, 0.25) is 0 Å². The van der Waals surface area contributed by atoms with Gasteiger partial charge >= 0.3 is 0 Å². The summed E-state index contributed by atoms with van der Waals surface area (Å²) in [5.74, 6) is -0.249. The number of hydrogen-bond donors (Lipinski definition) is 12. The summed E-state index contributed by atoms with van der Waals surface area (Å²) in [5.41, 5.74) is 0. The van der Waals surface area contributed by atoms with Crippen molar-refractivity contribution >= 4 is 5.91 Å². The number of aliphatic hydroxyl groups is 11. The Morgan fingerprint density at radius 2 is 0.690 bits per heavy atom. The van der Waals surface area contributed by atoms with Crippen LogP contribution in [0.25, 0.3) is 0 Å². The molecule has 0 aromatic rings. The van der Waals surface area contributed by atoms with E-state index in [0.717, 1.165) is 116 Å². The number of nitrogens with one attached hydrogen (secondary N) is 1. The van der Waals surface area contributed by atoms with Crippen LogP contribution in [-0.4, -0.2) is 193 Å².